The molecule has 3 aromatic rings. The molecule has 0 fully saturated rings. The lowest BCUT2D eigenvalue weighted by Gasteiger charge is -2.26. The van der Waals surface area contributed by atoms with Crippen molar-refractivity contribution in [1.29, 1.82) is 0 Å². The molecule has 0 unspecified atom stereocenters. The Bertz CT molecular complexity index is 839. The lowest BCUT2D eigenvalue weighted by molar-refractivity contribution is 0.357. The SMILES string of the molecule is COc1cccc2cc([C@H](C)NC[C@@H]3CNc4ccnn4C3)oc12. The Balaban J connectivity index is 1.42. The molecule has 2 atom stereocenters. The summed E-state index contributed by atoms with van der Waals surface area (Å²) in [6, 6.07) is 10.2. The molecule has 6 nitrogen and oxygen atoms in total. The van der Waals surface area contributed by atoms with Crippen molar-refractivity contribution < 1.29 is 9.15 Å². The van der Waals surface area contributed by atoms with Gasteiger partial charge in [-0.3, -0.25) is 0 Å². The predicted molar refractivity (Wildman–Crippen MR) is 93.4 cm³/mol. The van der Waals surface area contributed by atoms with Gasteiger partial charge >= 0.3 is 0 Å². The number of fused-ring (bicyclic) bond motifs is 2. The number of anilines is 1. The number of nitrogens with one attached hydrogen (secondary N) is 2. The lowest BCUT2D eigenvalue weighted by Crippen LogP contribution is -2.36. The van der Waals surface area contributed by atoms with Gasteiger partial charge in [0.15, 0.2) is 11.3 Å². The Labute approximate surface area is 140 Å². The summed E-state index contributed by atoms with van der Waals surface area (Å²) in [6.07, 6.45) is 1.84. The van der Waals surface area contributed by atoms with E-state index in [4.69, 9.17) is 9.15 Å². The van der Waals surface area contributed by atoms with Gasteiger partial charge in [-0.1, -0.05) is 12.1 Å². The van der Waals surface area contributed by atoms with E-state index in [1.54, 1.807) is 7.11 Å². The van der Waals surface area contributed by atoms with E-state index in [-0.39, 0.29) is 6.04 Å². The molecule has 0 saturated carbocycles. The van der Waals surface area contributed by atoms with Gasteiger partial charge in [-0.2, -0.15) is 5.10 Å². The third-order valence-corrected chi connectivity index (χ3v) is 4.61. The van der Waals surface area contributed by atoms with Crippen LogP contribution in [0.25, 0.3) is 11.0 Å². The molecule has 24 heavy (non-hydrogen) atoms. The van der Waals surface area contributed by atoms with Crippen LogP contribution in [0.2, 0.25) is 0 Å². The summed E-state index contributed by atoms with van der Waals surface area (Å²) in [5.74, 6) is 3.30. The third-order valence-electron chi connectivity index (χ3n) is 4.61. The molecule has 0 amide bonds. The number of methoxy groups -OCH3 is 1. The smallest absolute Gasteiger partial charge is 0.176 e. The van der Waals surface area contributed by atoms with Crippen LogP contribution in [0.4, 0.5) is 5.82 Å². The van der Waals surface area contributed by atoms with E-state index >= 15 is 0 Å². The van der Waals surface area contributed by atoms with Crippen molar-refractivity contribution in [2.75, 3.05) is 25.5 Å². The molecule has 2 aromatic heterocycles. The average Bonchev–Trinajstić information content (AvgIpc) is 3.25. The van der Waals surface area contributed by atoms with Gasteiger partial charge in [-0.25, -0.2) is 4.68 Å². The van der Waals surface area contributed by atoms with E-state index in [0.717, 1.165) is 47.9 Å². The quantitative estimate of drug-likeness (QED) is 0.754. The van der Waals surface area contributed by atoms with Gasteiger partial charge in [-0.05, 0) is 19.1 Å². The lowest BCUT2D eigenvalue weighted by atomic mass is 10.1. The first kappa shape index (κ1) is 15.1. The first-order valence-corrected chi connectivity index (χ1v) is 8.30. The molecule has 0 aliphatic carbocycles. The number of benzene rings is 1. The van der Waals surface area contributed by atoms with Gasteiger partial charge in [0.1, 0.15) is 11.6 Å². The zero-order chi connectivity index (χ0) is 16.5. The van der Waals surface area contributed by atoms with E-state index in [1.807, 2.05) is 35.1 Å². The molecular weight excluding hydrogens is 304 g/mol. The van der Waals surface area contributed by atoms with Gasteiger partial charge in [0.05, 0.1) is 19.3 Å². The van der Waals surface area contributed by atoms with Crippen LogP contribution in [0.5, 0.6) is 5.75 Å². The first-order valence-electron chi connectivity index (χ1n) is 8.30. The van der Waals surface area contributed by atoms with Gasteiger partial charge in [0.25, 0.3) is 0 Å². The summed E-state index contributed by atoms with van der Waals surface area (Å²) in [4.78, 5) is 0. The molecule has 0 saturated heterocycles. The maximum atomic E-state index is 6.01. The van der Waals surface area contributed by atoms with Gasteiger partial charge < -0.3 is 19.8 Å². The third kappa shape index (κ3) is 2.73. The minimum atomic E-state index is 0.140. The van der Waals surface area contributed by atoms with Crippen LogP contribution in [-0.4, -0.2) is 30.0 Å². The second kappa shape index (κ2) is 6.20. The number of furan rings is 1. The van der Waals surface area contributed by atoms with E-state index in [9.17, 15) is 0 Å². The molecule has 1 aliphatic heterocycles. The molecular formula is C18H22N4O2. The molecule has 1 aromatic carbocycles. The van der Waals surface area contributed by atoms with Crippen molar-refractivity contribution in [3.63, 3.8) is 0 Å². The number of para-hydroxylation sites is 1. The van der Waals surface area contributed by atoms with Gasteiger partial charge in [0.2, 0.25) is 0 Å². The highest BCUT2D eigenvalue weighted by atomic mass is 16.5. The van der Waals surface area contributed by atoms with Crippen LogP contribution in [0, 0.1) is 5.92 Å². The van der Waals surface area contributed by atoms with Crippen LogP contribution in [0.1, 0.15) is 18.7 Å². The minimum absolute atomic E-state index is 0.140. The molecule has 0 radical (unpaired) electrons. The fourth-order valence-corrected chi connectivity index (χ4v) is 3.20. The molecule has 4 rings (SSSR count). The Hall–Kier alpha value is -2.47. The van der Waals surface area contributed by atoms with Crippen molar-refractivity contribution in [3.8, 4) is 5.75 Å². The van der Waals surface area contributed by atoms with E-state index in [0.29, 0.717) is 5.92 Å². The minimum Gasteiger partial charge on any atom is -0.493 e. The molecule has 2 N–H and O–H groups in total. The van der Waals surface area contributed by atoms with E-state index in [2.05, 4.69) is 28.7 Å². The van der Waals surface area contributed by atoms with Crippen molar-refractivity contribution in [2.24, 2.45) is 5.92 Å². The molecule has 126 valence electrons. The number of ether oxygens (including phenoxy) is 1. The standard InChI is InChI=1S/C18H22N4O2/c1-12(16-8-14-4-3-5-15(23-2)18(14)24-16)19-9-13-10-20-17-6-7-21-22(17)11-13/h3-8,12-13,19-20H,9-11H2,1-2H3/t12-,13+/m0/s1. The molecule has 0 bridgehead atoms. The average molecular weight is 326 g/mol. The number of hydrogen-bond acceptors (Lipinski definition) is 5. The van der Waals surface area contributed by atoms with Gasteiger partial charge in [-0.15, -0.1) is 0 Å². The second-order valence-corrected chi connectivity index (χ2v) is 6.30. The summed E-state index contributed by atoms with van der Waals surface area (Å²) >= 11 is 0. The normalized spacial score (nSPS) is 18.2. The highest BCUT2D eigenvalue weighted by Crippen LogP contribution is 2.31. The molecule has 3 heterocycles. The summed E-state index contributed by atoms with van der Waals surface area (Å²) in [6.45, 7) is 4.92. The summed E-state index contributed by atoms with van der Waals surface area (Å²) in [5.41, 5.74) is 0.809. The maximum absolute atomic E-state index is 6.01. The summed E-state index contributed by atoms with van der Waals surface area (Å²) < 4.78 is 13.4. The highest BCUT2D eigenvalue weighted by molar-refractivity contribution is 5.83. The summed E-state index contributed by atoms with van der Waals surface area (Å²) in [5, 5.41) is 12.4. The van der Waals surface area contributed by atoms with Crippen molar-refractivity contribution in [1.82, 2.24) is 15.1 Å². The Morgan fingerprint density at radius 1 is 1.46 bits per heavy atom. The largest absolute Gasteiger partial charge is 0.493 e. The zero-order valence-corrected chi connectivity index (χ0v) is 14.0. The van der Waals surface area contributed by atoms with Crippen LogP contribution in [0.15, 0.2) is 40.9 Å². The maximum Gasteiger partial charge on any atom is 0.176 e. The fraction of sp³-hybridized carbons (Fsp3) is 0.389. The zero-order valence-electron chi connectivity index (χ0n) is 14.0. The van der Waals surface area contributed by atoms with Crippen LogP contribution in [0.3, 0.4) is 0 Å². The predicted octanol–water partition coefficient (Wildman–Crippen LogP) is 3.03. The number of rotatable bonds is 5. The van der Waals surface area contributed by atoms with Crippen molar-refractivity contribution in [3.05, 3.63) is 42.3 Å². The van der Waals surface area contributed by atoms with Crippen LogP contribution >= 0.6 is 0 Å². The molecule has 0 spiro atoms. The molecule has 6 heteroatoms. The van der Waals surface area contributed by atoms with E-state index < -0.39 is 0 Å². The number of hydrogen-bond donors (Lipinski definition) is 2. The molecule has 1 aliphatic rings. The van der Waals surface area contributed by atoms with Crippen molar-refractivity contribution >= 4 is 16.8 Å². The number of nitrogens with zero attached hydrogens (tertiary/aromatic N) is 2. The second-order valence-electron chi connectivity index (χ2n) is 6.30. The van der Waals surface area contributed by atoms with Gasteiger partial charge in [0, 0.05) is 37.0 Å². The topological polar surface area (TPSA) is 64.2 Å². The van der Waals surface area contributed by atoms with Crippen molar-refractivity contribution in [2.45, 2.75) is 19.5 Å². The van der Waals surface area contributed by atoms with E-state index in [1.165, 1.54) is 0 Å². The first-order chi connectivity index (χ1) is 11.7. The summed E-state index contributed by atoms with van der Waals surface area (Å²) in [7, 11) is 1.66. The fourth-order valence-electron chi connectivity index (χ4n) is 3.20. The number of aromatic nitrogens is 2. The Kier molecular flexibility index (Phi) is 3.90. The monoisotopic (exact) mass is 326 g/mol. The highest BCUT2D eigenvalue weighted by Gasteiger charge is 2.20. The van der Waals surface area contributed by atoms with Crippen LogP contribution < -0.4 is 15.4 Å². The Morgan fingerprint density at radius 3 is 3.25 bits per heavy atom. The Morgan fingerprint density at radius 2 is 2.38 bits per heavy atom. The van der Waals surface area contributed by atoms with Crippen LogP contribution in [-0.2, 0) is 6.54 Å².